The lowest BCUT2D eigenvalue weighted by atomic mass is 9.45. The molecule has 0 aromatic rings. The van der Waals surface area contributed by atoms with Crippen molar-refractivity contribution in [1.29, 1.82) is 0 Å². The van der Waals surface area contributed by atoms with Gasteiger partial charge in [0.05, 0.1) is 23.2 Å². The zero-order valence-electron chi connectivity index (χ0n) is 20.8. The minimum Gasteiger partial charge on any atom is -0.456 e. The summed E-state index contributed by atoms with van der Waals surface area (Å²) in [4.78, 5) is 25.6. The molecular formula is C28H38O6. The van der Waals surface area contributed by atoms with Gasteiger partial charge in [0.2, 0.25) is 0 Å². The molecule has 0 aromatic heterocycles. The standard InChI is InChI=1S/C28H38O6/c1-16-14-23(34-24(31)18(16)15-29)27(4,32)21-11-13-28(33)20-9-8-17-6-5-7-22(30)26(17,3)19(20)10-12-25(21,28)2/h5-6,8,19-21,23,29,32-33H,7,9-15H2,1-4H3/t19-,20+,21-,23+,25+,26-,27+,28+/m0/s1. The van der Waals surface area contributed by atoms with E-state index in [9.17, 15) is 24.9 Å². The third-order valence-electron chi connectivity index (χ3n) is 10.8. The van der Waals surface area contributed by atoms with Crippen LogP contribution in [-0.4, -0.2) is 51.0 Å². The number of carbonyl (C=O) groups excluding carboxylic acids is 2. The van der Waals surface area contributed by atoms with Crippen LogP contribution >= 0.6 is 0 Å². The number of aliphatic hydroxyl groups is 3. The van der Waals surface area contributed by atoms with E-state index in [0.717, 1.165) is 24.0 Å². The number of ketones is 1. The van der Waals surface area contributed by atoms with E-state index in [0.29, 0.717) is 32.1 Å². The smallest absolute Gasteiger partial charge is 0.336 e. The van der Waals surface area contributed by atoms with Crippen LogP contribution in [0.1, 0.15) is 72.6 Å². The SMILES string of the molecule is CC1=C(CO)C(=O)O[C@@H]([C@](C)(O)[C@H]2CC[C@@]3(O)[C@@H]4CC=C5C=CCC(=O)[C@]5(C)[C@H]4CC[C@]23C)C1. The molecule has 6 nitrogen and oxygen atoms in total. The number of cyclic esters (lactones) is 1. The minimum atomic E-state index is -1.33. The molecule has 0 spiro atoms. The summed E-state index contributed by atoms with van der Waals surface area (Å²) in [6, 6.07) is 0. The van der Waals surface area contributed by atoms with Crippen LogP contribution in [0.25, 0.3) is 0 Å². The summed E-state index contributed by atoms with van der Waals surface area (Å²) in [6.07, 6.45) is 9.74. The molecule has 8 atom stereocenters. The van der Waals surface area contributed by atoms with Gasteiger partial charge in [-0.3, -0.25) is 4.79 Å². The molecule has 0 amide bonds. The fourth-order valence-corrected chi connectivity index (χ4v) is 8.61. The summed E-state index contributed by atoms with van der Waals surface area (Å²) in [5, 5.41) is 33.7. The number of hydrogen-bond acceptors (Lipinski definition) is 6. The first-order valence-corrected chi connectivity index (χ1v) is 12.8. The second-order valence-corrected chi connectivity index (χ2v) is 12.1. The molecule has 5 aliphatic rings. The number of rotatable bonds is 3. The highest BCUT2D eigenvalue weighted by Crippen LogP contribution is 2.68. The van der Waals surface area contributed by atoms with E-state index in [1.54, 1.807) is 13.8 Å². The Labute approximate surface area is 201 Å². The molecule has 3 N–H and O–H groups in total. The molecular weight excluding hydrogens is 432 g/mol. The number of hydrogen-bond donors (Lipinski definition) is 3. The number of carbonyl (C=O) groups is 2. The number of esters is 1. The molecule has 0 bridgehead atoms. The summed E-state index contributed by atoms with van der Waals surface area (Å²) < 4.78 is 5.65. The quantitative estimate of drug-likeness (QED) is 0.546. The molecule has 4 aliphatic carbocycles. The van der Waals surface area contributed by atoms with E-state index in [1.165, 1.54) is 0 Å². The van der Waals surface area contributed by atoms with Gasteiger partial charge in [0.15, 0.2) is 0 Å². The van der Waals surface area contributed by atoms with Gasteiger partial charge < -0.3 is 20.1 Å². The fraction of sp³-hybridized carbons (Fsp3) is 0.714. The first kappa shape index (κ1) is 24.0. The van der Waals surface area contributed by atoms with Crippen LogP contribution < -0.4 is 0 Å². The predicted molar refractivity (Wildman–Crippen MR) is 126 cm³/mol. The minimum absolute atomic E-state index is 0.0484. The maximum atomic E-state index is 13.1. The molecule has 34 heavy (non-hydrogen) atoms. The second-order valence-electron chi connectivity index (χ2n) is 12.1. The van der Waals surface area contributed by atoms with E-state index in [-0.39, 0.29) is 35.7 Å². The maximum absolute atomic E-state index is 13.1. The topological polar surface area (TPSA) is 104 Å². The highest BCUT2D eigenvalue weighted by atomic mass is 16.6. The van der Waals surface area contributed by atoms with Gasteiger partial charge in [0, 0.05) is 18.3 Å². The number of Topliss-reactive ketones (excluding diaryl/α,β-unsaturated/α-hetero) is 1. The Kier molecular flexibility index (Phi) is 5.37. The van der Waals surface area contributed by atoms with Gasteiger partial charge in [0.1, 0.15) is 17.5 Å². The Hall–Kier alpha value is -1.76. The Balaban J connectivity index is 1.48. The van der Waals surface area contributed by atoms with E-state index in [4.69, 9.17) is 4.74 Å². The first-order chi connectivity index (χ1) is 15.9. The molecule has 0 radical (unpaired) electrons. The molecule has 0 unspecified atom stereocenters. The number of aliphatic hydroxyl groups excluding tert-OH is 1. The largest absolute Gasteiger partial charge is 0.456 e. The van der Waals surface area contributed by atoms with Gasteiger partial charge in [-0.15, -0.1) is 0 Å². The Morgan fingerprint density at radius 3 is 2.59 bits per heavy atom. The van der Waals surface area contributed by atoms with Crippen LogP contribution in [0.2, 0.25) is 0 Å². The second kappa shape index (κ2) is 7.62. The molecule has 5 rings (SSSR count). The summed E-state index contributed by atoms with van der Waals surface area (Å²) in [6.45, 7) is 7.32. The Bertz CT molecular complexity index is 1020. The lowest BCUT2D eigenvalue weighted by molar-refractivity contribution is -0.214. The van der Waals surface area contributed by atoms with Crippen molar-refractivity contribution in [1.82, 2.24) is 0 Å². The summed E-state index contributed by atoms with van der Waals surface area (Å²) in [5.41, 5.74) is -1.34. The molecule has 1 heterocycles. The monoisotopic (exact) mass is 470 g/mol. The highest BCUT2D eigenvalue weighted by Gasteiger charge is 2.70. The molecule has 0 aromatic carbocycles. The van der Waals surface area contributed by atoms with Crippen molar-refractivity contribution in [3.8, 4) is 0 Å². The normalized spacial score (nSPS) is 45.7. The molecule has 2 saturated carbocycles. The van der Waals surface area contributed by atoms with Crippen molar-refractivity contribution in [2.24, 2.45) is 28.6 Å². The molecule has 0 saturated heterocycles. The number of fused-ring (bicyclic) bond motifs is 5. The van der Waals surface area contributed by atoms with E-state index in [2.05, 4.69) is 26.0 Å². The van der Waals surface area contributed by atoms with Gasteiger partial charge >= 0.3 is 5.97 Å². The average molecular weight is 471 g/mol. The van der Waals surface area contributed by atoms with Crippen molar-refractivity contribution >= 4 is 11.8 Å². The molecule has 2 fully saturated rings. The molecule has 1 aliphatic heterocycles. The third-order valence-corrected chi connectivity index (χ3v) is 10.8. The molecule has 6 heteroatoms. The number of allylic oxidation sites excluding steroid dienone is 4. The van der Waals surface area contributed by atoms with Gasteiger partial charge in [-0.25, -0.2) is 4.79 Å². The summed E-state index contributed by atoms with van der Waals surface area (Å²) >= 11 is 0. The Morgan fingerprint density at radius 2 is 1.91 bits per heavy atom. The van der Waals surface area contributed by atoms with Crippen LogP contribution in [0.4, 0.5) is 0 Å². The van der Waals surface area contributed by atoms with Gasteiger partial charge in [-0.1, -0.05) is 30.7 Å². The zero-order chi connectivity index (χ0) is 24.7. The van der Waals surface area contributed by atoms with Gasteiger partial charge in [0.25, 0.3) is 0 Å². The third kappa shape index (κ3) is 2.91. The van der Waals surface area contributed by atoms with Crippen molar-refractivity contribution in [3.63, 3.8) is 0 Å². The average Bonchev–Trinajstić information content (AvgIpc) is 3.06. The zero-order valence-corrected chi connectivity index (χ0v) is 20.8. The van der Waals surface area contributed by atoms with Crippen LogP contribution in [0.3, 0.4) is 0 Å². The summed E-state index contributed by atoms with van der Waals surface area (Å²) in [7, 11) is 0. The maximum Gasteiger partial charge on any atom is 0.336 e. The van der Waals surface area contributed by atoms with Crippen molar-refractivity contribution in [2.75, 3.05) is 6.61 Å². The fourth-order valence-electron chi connectivity index (χ4n) is 8.61. The van der Waals surface area contributed by atoms with Crippen LogP contribution in [0.5, 0.6) is 0 Å². The van der Waals surface area contributed by atoms with Crippen molar-refractivity contribution in [2.45, 2.75) is 89.9 Å². The van der Waals surface area contributed by atoms with E-state index in [1.807, 2.05) is 6.08 Å². The first-order valence-electron chi connectivity index (χ1n) is 12.8. The Morgan fingerprint density at radius 1 is 1.18 bits per heavy atom. The van der Waals surface area contributed by atoms with Crippen LogP contribution in [0, 0.1) is 28.6 Å². The van der Waals surface area contributed by atoms with E-state index < -0.39 is 34.1 Å². The van der Waals surface area contributed by atoms with Crippen molar-refractivity contribution in [3.05, 3.63) is 34.9 Å². The van der Waals surface area contributed by atoms with Gasteiger partial charge in [-0.2, -0.15) is 0 Å². The predicted octanol–water partition coefficient (Wildman–Crippen LogP) is 3.40. The molecule has 186 valence electrons. The number of ether oxygens (including phenoxy) is 1. The van der Waals surface area contributed by atoms with Crippen molar-refractivity contribution < 1.29 is 29.6 Å². The van der Waals surface area contributed by atoms with E-state index >= 15 is 0 Å². The highest BCUT2D eigenvalue weighted by molar-refractivity contribution is 5.92. The lowest BCUT2D eigenvalue weighted by Crippen LogP contribution is -2.64. The van der Waals surface area contributed by atoms with Crippen LogP contribution in [0.15, 0.2) is 34.9 Å². The van der Waals surface area contributed by atoms with Crippen LogP contribution in [-0.2, 0) is 14.3 Å². The van der Waals surface area contributed by atoms with Gasteiger partial charge in [-0.05, 0) is 76.2 Å². The summed E-state index contributed by atoms with van der Waals surface area (Å²) in [5.74, 6) is -0.558. The lowest BCUT2D eigenvalue weighted by Gasteiger charge is -2.61.